The second-order valence-corrected chi connectivity index (χ2v) is 10.3. The molecule has 2 aromatic rings. The highest BCUT2D eigenvalue weighted by molar-refractivity contribution is 7.99. The van der Waals surface area contributed by atoms with Crippen LogP contribution in [0.2, 0.25) is 0 Å². The van der Waals surface area contributed by atoms with E-state index in [0.29, 0.717) is 36.5 Å². The number of carbonyl (C=O) groups excluding carboxylic acids is 1. The number of thioether (sulfide) groups is 1. The lowest BCUT2D eigenvalue weighted by Crippen LogP contribution is -2.48. The molecule has 1 fully saturated rings. The molecule has 0 N–H and O–H groups in total. The summed E-state index contributed by atoms with van der Waals surface area (Å²) in [4.78, 5) is 34.8. The van der Waals surface area contributed by atoms with Crippen LogP contribution < -0.4 is 5.56 Å². The van der Waals surface area contributed by atoms with E-state index < -0.39 is 0 Å². The van der Waals surface area contributed by atoms with Gasteiger partial charge in [-0.25, -0.2) is 4.98 Å². The smallest absolute Gasteiger partial charge is 0.263 e. The van der Waals surface area contributed by atoms with Gasteiger partial charge in [-0.2, -0.15) is 0 Å². The number of aromatic nitrogens is 2. The molecule has 0 bridgehead atoms. The van der Waals surface area contributed by atoms with Gasteiger partial charge in [0.2, 0.25) is 5.91 Å². The van der Waals surface area contributed by atoms with Gasteiger partial charge in [-0.05, 0) is 51.5 Å². The fraction of sp³-hybridized carbons (Fsp3) is 0.667. The molecular formula is C21H29N3O3S2. The number of ether oxygens (including phenoxy) is 1. The predicted octanol–water partition coefficient (Wildman–Crippen LogP) is 3.33. The van der Waals surface area contributed by atoms with E-state index in [-0.39, 0.29) is 23.7 Å². The van der Waals surface area contributed by atoms with Crippen molar-refractivity contribution in [3.63, 3.8) is 0 Å². The minimum Gasteiger partial charge on any atom is -0.372 e. The van der Waals surface area contributed by atoms with Crippen LogP contribution in [0.5, 0.6) is 0 Å². The zero-order valence-corrected chi connectivity index (χ0v) is 19.2. The first-order chi connectivity index (χ1) is 13.9. The summed E-state index contributed by atoms with van der Waals surface area (Å²) in [6.07, 6.45) is 3.24. The van der Waals surface area contributed by atoms with Crippen molar-refractivity contribution in [1.82, 2.24) is 14.5 Å². The van der Waals surface area contributed by atoms with Gasteiger partial charge in [-0.1, -0.05) is 18.7 Å². The van der Waals surface area contributed by atoms with E-state index in [9.17, 15) is 9.59 Å². The number of rotatable bonds is 4. The molecule has 1 saturated heterocycles. The monoisotopic (exact) mass is 435 g/mol. The number of hydrogen-bond donors (Lipinski definition) is 0. The summed E-state index contributed by atoms with van der Waals surface area (Å²) in [6, 6.07) is 0. The lowest BCUT2D eigenvalue weighted by Gasteiger charge is -2.35. The van der Waals surface area contributed by atoms with Crippen molar-refractivity contribution in [2.24, 2.45) is 5.92 Å². The number of aryl methyl sites for hydroxylation is 1. The van der Waals surface area contributed by atoms with Crippen LogP contribution in [-0.4, -0.2) is 51.4 Å². The maximum Gasteiger partial charge on any atom is 0.263 e. The lowest BCUT2D eigenvalue weighted by atomic mass is 9.89. The highest BCUT2D eigenvalue weighted by atomic mass is 32.2. The molecular weight excluding hydrogens is 406 g/mol. The molecule has 1 aliphatic heterocycles. The summed E-state index contributed by atoms with van der Waals surface area (Å²) in [6.45, 7) is 10.0. The van der Waals surface area contributed by atoms with Crippen molar-refractivity contribution < 1.29 is 9.53 Å². The molecule has 1 aliphatic carbocycles. The molecule has 0 spiro atoms. The van der Waals surface area contributed by atoms with E-state index in [1.54, 1.807) is 15.9 Å². The Morgan fingerprint density at radius 1 is 1.28 bits per heavy atom. The second-order valence-electron chi connectivity index (χ2n) is 8.32. The number of thiophene rings is 1. The highest BCUT2D eigenvalue weighted by Gasteiger charge is 2.27. The Balaban J connectivity index is 1.59. The van der Waals surface area contributed by atoms with Crippen molar-refractivity contribution in [3.8, 4) is 0 Å². The second kappa shape index (κ2) is 8.40. The molecule has 0 aromatic carbocycles. The van der Waals surface area contributed by atoms with E-state index in [0.717, 1.165) is 29.5 Å². The van der Waals surface area contributed by atoms with Crippen LogP contribution in [0.4, 0.5) is 0 Å². The van der Waals surface area contributed by atoms with Crippen molar-refractivity contribution in [2.75, 3.05) is 18.8 Å². The number of morpholine rings is 1. The number of amides is 1. The van der Waals surface area contributed by atoms with E-state index in [4.69, 9.17) is 9.72 Å². The van der Waals surface area contributed by atoms with E-state index >= 15 is 0 Å². The fourth-order valence-electron chi connectivity index (χ4n) is 4.39. The Hall–Kier alpha value is -1.38. The molecule has 6 nitrogen and oxygen atoms in total. The van der Waals surface area contributed by atoms with Crippen molar-refractivity contribution >= 4 is 39.2 Å². The van der Waals surface area contributed by atoms with E-state index in [2.05, 4.69) is 6.92 Å². The molecule has 2 aliphatic rings. The maximum atomic E-state index is 13.2. The van der Waals surface area contributed by atoms with Crippen molar-refractivity contribution in [1.29, 1.82) is 0 Å². The van der Waals surface area contributed by atoms with E-state index in [1.165, 1.54) is 22.2 Å². The number of nitrogens with zero attached hydrogens (tertiary/aromatic N) is 3. The average molecular weight is 436 g/mol. The maximum absolute atomic E-state index is 13.2. The van der Waals surface area contributed by atoms with Crippen molar-refractivity contribution in [3.05, 3.63) is 20.8 Å². The zero-order valence-electron chi connectivity index (χ0n) is 17.6. The van der Waals surface area contributed by atoms with Gasteiger partial charge in [-0.15, -0.1) is 11.3 Å². The average Bonchev–Trinajstić information content (AvgIpc) is 3.02. The standard InChI is InChI=1S/C21H29N3O3S2/c1-5-24-20(26)18-15-7-6-12(2)8-16(15)29-19(18)22-21(24)28-11-17(25)23-9-13(3)27-14(4)10-23/h12-14H,5-11H2,1-4H3. The summed E-state index contributed by atoms with van der Waals surface area (Å²) in [7, 11) is 0. The molecule has 1 amide bonds. The third-order valence-electron chi connectivity index (χ3n) is 5.79. The van der Waals surface area contributed by atoms with Crippen LogP contribution in [0, 0.1) is 5.92 Å². The zero-order chi connectivity index (χ0) is 20.7. The van der Waals surface area contributed by atoms with Gasteiger partial charge >= 0.3 is 0 Å². The molecule has 0 radical (unpaired) electrons. The van der Waals surface area contributed by atoms with Gasteiger partial charge < -0.3 is 9.64 Å². The van der Waals surface area contributed by atoms with Crippen LogP contribution in [-0.2, 0) is 28.9 Å². The predicted molar refractivity (Wildman–Crippen MR) is 118 cm³/mol. The minimum absolute atomic E-state index is 0.0492. The molecule has 4 rings (SSSR count). The Kier molecular flexibility index (Phi) is 6.04. The normalized spacial score (nSPS) is 24.7. The molecule has 158 valence electrons. The van der Waals surface area contributed by atoms with Crippen LogP contribution in [0.1, 0.15) is 44.6 Å². The first kappa shape index (κ1) is 20.9. The molecule has 3 unspecified atom stereocenters. The first-order valence-electron chi connectivity index (χ1n) is 10.5. The van der Waals surface area contributed by atoms with Crippen molar-refractivity contribution in [2.45, 2.75) is 70.9 Å². The third kappa shape index (κ3) is 4.11. The van der Waals surface area contributed by atoms with Crippen LogP contribution >= 0.6 is 23.1 Å². The number of fused-ring (bicyclic) bond motifs is 3. The summed E-state index contributed by atoms with van der Waals surface area (Å²) in [5.74, 6) is 1.03. The quantitative estimate of drug-likeness (QED) is 0.544. The van der Waals surface area contributed by atoms with Gasteiger partial charge in [0.15, 0.2) is 5.16 Å². The Morgan fingerprint density at radius 3 is 2.69 bits per heavy atom. The molecule has 2 aromatic heterocycles. The molecule has 3 heterocycles. The first-order valence-corrected chi connectivity index (χ1v) is 12.3. The van der Waals surface area contributed by atoms with Gasteiger partial charge in [0, 0.05) is 24.5 Å². The van der Waals surface area contributed by atoms with Gasteiger partial charge in [0.1, 0.15) is 4.83 Å². The topological polar surface area (TPSA) is 64.4 Å². The number of carbonyl (C=O) groups is 1. The Morgan fingerprint density at radius 2 is 2.00 bits per heavy atom. The van der Waals surface area contributed by atoms with Gasteiger partial charge in [0.05, 0.1) is 23.3 Å². The summed E-state index contributed by atoms with van der Waals surface area (Å²) in [5.41, 5.74) is 1.26. The molecule has 29 heavy (non-hydrogen) atoms. The summed E-state index contributed by atoms with van der Waals surface area (Å²) >= 11 is 3.04. The summed E-state index contributed by atoms with van der Waals surface area (Å²) in [5, 5.41) is 1.46. The highest BCUT2D eigenvalue weighted by Crippen LogP contribution is 2.36. The van der Waals surface area contributed by atoms with Gasteiger partial charge in [0.25, 0.3) is 5.56 Å². The minimum atomic E-state index is 0.0492. The lowest BCUT2D eigenvalue weighted by molar-refractivity contribution is -0.140. The molecule has 3 atom stereocenters. The SMILES string of the molecule is CCn1c(SCC(=O)N2CC(C)OC(C)C2)nc2sc3c(c2c1=O)CCC(C)C3. The number of hydrogen-bond acceptors (Lipinski definition) is 6. The molecule has 8 heteroatoms. The van der Waals surface area contributed by atoms with Gasteiger partial charge in [-0.3, -0.25) is 14.2 Å². The van der Waals surface area contributed by atoms with Crippen LogP contribution in [0.15, 0.2) is 9.95 Å². The van der Waals surface area contributed by atoms with Crippen LogP contribution in [0.25, 0.3) is 10.2 Å². The van der Waals surface area contributed by atoms with Crippen LogP contribution in [0.3, 0.4) is 0 Å². The Labute approximate surface area is 179 Å². The largest absolute Gasteiger partial charge is 0.372 e. The summed E-state index contributed by atoms with van der Waals surface area (Å²) < 4.78 is 7.45. The third-order valence-corrected chi connectivity index (χ3v) is 7.90. The fourth-order valence-corrected chi connectivity index (χ4v) is 6.78. The van der Waals surface area contributed by atoms with E-state index in [1.807, 2.05) is 25.7 Å². The Bertz CT molecular complexity index is 974. The molecule has 0 saturated carbocycles.